The molecule has 3 rings (SSSR count). The molecule has 24 heavy (non-hydrogen) atoms. The number of benzene rings is 1. The predicted octanol–water partition coefficient (Wildman–Crippen LogP) is 0.650. The van der Waals surface area contributed by atoms with Crippen molar-refractivity contribution in [3.63, 3.8) is 0 Å². The van der Waals surface area contributed by atoms with E-state index < -0.39 is 0 Å². The zero-order valence-electron chi connectivity index (χ0n) is 13.0. The van der Waals surface area contributed by atoms with Gasteiger partial charge in [-0.15, -0.1) is 0 Å². The molecule has 8 nitrogen and oxygen atoms in total. The Labute approximate surface area is 138 Å². The van der Waals surface area contributed by atoms with Gasteiger partial charge in [-0.05, 0) is 22.0 Å². The molecule has 0 bridgehead atoms. The molecule has 1 aliphatic rings. The maximum absolute atomic E-state index is 12.2. The number of amides is 2. The van der Waals surface area contributed by atoms with Crippen molar-refractivity contribution < 1.29 is 14.2 Å². The van der Waals surface area contributed by atoms with Crippen LogP contribution in [0.25, 0.3) is 6.08 Å². The van der Waals surface area contributed by atoms with Crippen LogP contribution in [0.5, 0.6) is 0 Å². The first-order valence-corrected chi connectivity index (χ1v) is 7.54. The molecule has 1 aromatic carbocycles. The Morgan fingerprint density at radius 1 is 1.04 bits per heavy atom. The van der Waals surface area contributed by atoms with Crippen molar-refractivity contribution >= 4 is 23.7 Å². The summed E-state index contributed by atoms with van der Waals surface area (Å²) in [6.07, 6.45) is 3.33. The van der Waals surface area contributed by atoms with Crippen molar-refractivity contribution in [1.82, 2.24) is 20.1 Å². The highest BCUT2D eigenvalue weighted by Crippen LogP contribution is 2.12. The molecular formula is C16H17N5O3. The molecule has 0 unspecified atom stereocenters. The Morgan fingerprint density at radius 3 is 2.33 bits per heavy atom. The van der Waals surface area contributed by atoms with Crippen LogP contribution in [-0.2, 0) is 4.79 Å². The number of hydrogen-bond donors (Lipinski definition) is 1. The van der Waals surface area contributed by atoms with Crippen LogP contribution in [0.3, 0.4) is 0 Å². The van der Waals surface area contributed by atoms with Crippen molar-refractivity contribution in [2.45, 2.75) is 0 Å². The van der Waals surface area contributed by atoms with E-state index in [1.807, 2.05) is 30.3 Å². The highest BCUT2D eigenvalue weighted by molar-refractivity contribution is 5.96. The summed E-state index contributed by atoms with van der Waals surface area (Å²) in [7, 11) is 0. The SMILES string of the molecule is Nc1nonc1C(=O)N1CCN(C(=O)C=Cc2ccccc2)CC1. The van der Waals surface area contributed by atoms with Crippen molar-refractivity contribution in [2.75, 3.05) is 31.9 Å². The Hall–Kier alpha value is -3.16. The minimum absolute atomic E-state index is 0.0127. The molecular weight excluding hydrogens is 310 g/mol. The Kier molecular flexibility index (Phi) is 4.55. The van der Waals surface area contributed by atoms with E-state index in [2.05, 4.69) is 14.9 Å². The van der Waals surface area contributed by atoms with Gasteiger partial charge in [0.1, 0.15) is 0 Å². The number of nitrogen functional groups attached to an aromatic ring is 1. The van der Waals surface area contributed by atoms with Gasteiger partial charge in [-0.25, -0.2) is 4.63 Å². The first-order valence-electron chi connectivity index (χ1n) is 7.54. The number of hydrogen-bond acceptors (Lipinski definition) is 6. The van der Waals surface area contributed by atoms with Crippen molar-refractivity contribution in [2.24, 2.45) is 0 Å². The summed E-state index contributed by atoms with van der Waals surface area (Å²) in [5, 5.41) is 6.91. The van der Waals surface area contributed by atoms with E-state index in [1.165, 1.54) is 0 Å². The number of rotatable bonds is 3. The van der Waals surface area contributed by atoms with Crippen molar-refractivity contribution in [3.05, 3.63) is 47.7 Å². The molecule has 1 aromatic heterocycles. The maximum atomic E-state index is 12.2. The second-order valence-corrected chi connectivity index (χ2v) is 5.36. The van der Waals surface area contributed by atoms with E-state index in [4.69, 9.17) is 5.73 Å². The van der Waals surface area contributed by atoms with Gasteiger partial charge >= 0.3 is 0 Å². The lowest BCUT2D eigenvalue weighted by molar-refractivity contribution is -0.127. The molecule has 1 aliphatic heterocycles. The molecule has 1 fully saturated rings. The number of aromatic nitrogens is 2. The molecule has 1 saturated heterocycles. The average Bonchev–Trinajstić information content (AvgIpc) is 3.06. The van der Waals surface area contributed by atoms with Gasteiger partial charge in [0.15, 0.2) is 0 Å². The third-order valence-corrected chi connectivity index (χ3v) is 3.81. The molecule has 2 amide bonds. The van der Waals surface area contributed by atoms with E-state index in [-0.39, 0.29) is 23.3 Å². The Bertz CT molecular complexity index is 748. The van der Waals surface area contributed by atoms with Gasteiger partial charge in [-0.3, -0.25) is 9.59 Å². The van der Waals surface area contributed by atoms with Crippen LogP contribution >= 0.6 is 0 Å². The number of nitrogens with two attached hydrogens (primary N) is 1. The number of carbonyl (C=O) groups is 2. The zero-order valence-corrected chi connectivity index (χ0v) is 13.0. The van der Waals surface area contributed by atoms with Gasteiger partial charge in [0.2, 0.25) is 17.4 Å². The van der Waals surface area contributed by atoms with E-state index in [0.29, 0.717) is 26.2 Å². The molecule has 2 aromatic rings. The minimum Gasteiger partial charge on any atom is -0.379 e. The van der Waals surface area contributed by atoms with Crippen LogP contribution < -0.4 is 5.73 Å². The smallest absolute Gasteiger partial charge is 0.280 e. The van der Waals surface area contributed by atoms with E-state index in [0.717, 1.165) is 5.56 Å². The fourth-order valence-electron chi connectivity index (χ4n) is 2.46. The molecule has 0 aliphatic carbocycles. The molecule has 0 atom stereocenters. The normalized spacial score (nSPS) is 15.0. The molecule has 8 heteroatoms. The highest BCUT2D eigenvalue weighted by atomic mass is 16.6. The molecule has 0 spiro atoms. The maximum Gasteiger partial charge on any atom is 0.280 e. The third-order valence-electron chi connectivity index (χ3n) is 3.81. The number of anilines is 1. The van der Waals surface area contributed by atoms with Crippen LogP contribution in [0.2, 0.25) is 0 Å². The summed E-state index contributed by atoms with van der Waals surface area (Å²) >= 11 is 0. The van der Waals surface area contributed by atoms with Gasteiger partial charge in [-0.2, -0.15) is 0 Å². The van der Waals surface area contributed by atoms with Crippen LogP contribution in [0.15, 0.2) is 41.0 Å². The summed E-state index contributed by atoms with van der Waals surface area (Å²) in [6.45, 7) is 1.73. The largest absolute Gasteiger partial charge is 0.379 e. The summed E-state index contributed by atoms with van der Waals surface area (Å²) in [4.78, 5) is 27.7. The second kappa shape index (κ2) is 6.95. The van der Waals surface area contributed by atoms with Crippen LogP contribution in [0, 0.1) is 0 Å². The van der Waals surface area contributed by atoms with Gasteiger partial charge in [0, 0.05) is 32.3 Å². The Balaban J connectivity index is 1.55. The van der Waals surface area contributed by atoms with Gasteiger partial charge in [0.05, 0.1) is 0 Å². The fraction of sp³-hybridized carbons (Fsp3) is 0.250. The standard InChI is InChI=1S/C16H17N5O3/c17-15-14(18-24-19-15)16(23)21-10-8-20(9-11-21)13(22)7-6-12-4-2-1-3-5-12/h1-7H,8-11H2,(H2,17,19). The molecule has 124 valence electrons. The number of carbonyl (C=O) groups excluding carboxylic acids is 2. The van der Waals surface area contributed by atoms with Crippen LogP contribution in [0.4, 0.5) is 5.82 Å². The molecule has 0 radical (unpaired) electrons. The third kappa shape index (κ3) is 3.43. The fourth-order valence-corrected chi connectivity index (χ4v) is 2.46. The highest BCUT2D eigenvalue weighted by Gasteiger charge is 2.27. The first-order chi connectivity index (χ1) is 11.6. The average molecular weight is 327 g/mol. The predicted molar refractivity (Wildman–Crippen MR) is 86.7 cm³/mol. The van der Waals surface area contributed by atoms with Crippen molar-refractivity contribution in [1.29, 1.82) is 0 Å². The molecule has 2 N–H and O–H groups in total. The van der Waals surface area contributed by atoms with Crippen LogP contribution in [0.1, 0.15) is 16.1 Å². The van der Waals surface area contributed by atoms with E-state index in [9.17, 15) is 9.59 Å². The lowest BCUT2D eigenvalue weighted by Gasteiger charge is -2.33. The number of piperazine rings is 1. The lowest BCUT2D eigenvalue weighted by Crippen LogP contribution is -2.50. The topological polar surface area (TPSA) is 106 Å². The van der Waals surface area contributed by atoms with Crippen LogP contribution in [-0.4, -0.2) is 58.1 Å². The van der Waals surface area contributed by atoms with Gasteiger partial charge in [0.25, 0.3) is 5.91 Å². The van der Waals surface area contributed by atoms with Gasteiger partial charge in [-0.1, -0.05) is 30.3 Å². The zero-order chi connectivity index (χ0) is 16.9. The monoisotopic (exact) mass is 327 g/mol. The lowest BCUT2D eigenvalue weighted by atomic mass is 10.2. The summed E-state index contributed by atoms with van der Waals surface area (Å²) in [5.74, 6) is -0.432. The minimum atomic E-state index is -0.333. The Morgan fingerprint density at radius 2 is 1.71 bits per heavy atom. The quantitative estimate of drug-likeness (QED) is 0.830. The summed E-state index contributed by atoms with van der Waals surface area (Å²) < 4.78 is 4.44. The van der Waals surface area contributed by atoms with Crippen molar-refractivity contribution in [3.8, 4) is 0 Å². The summed E-state index contributed by atoms with van der Waals surface area (Å²) in [6, 6.07) is 9.61. The van der Waals surface area contributed by atoms with Gasteiger partial charge < -0.3 is 15.5 Å². The molecule has 0 saturated carbocycles. The van der Waals surface area contributed by atoms with E-state index >= 15 is 0 Å². The second-order valence-electron chi connectivity index (χ2n) is 5.36. The summed E-state index contributed by atoms with van der Waals surface area (Å²) in [5.41, 5.74) is 6.51. The van der Waals surface area contributed by atoms with E-state index in [1.54, 1.807) is 22.0 Å². The number of nitrogens with zero attached hydrogens (tertiary/aromatic N) is 4. The first kappa shape index (κ1) is 15.7. The molecule has 2 heterocycles.